The molecule has 2 atom stereocenters. The van der Waals surface area contributed by atoms with Crippen LogP contribution in [-0.2, 0) is 41.7 Å². The second-order valence-corrected chi connectivity index (χ2v) is 16.0. The van der Waals surface area contributed by atoms with Gasteiger partial charge in [0.2, 0.25) is 0 Å². The molecule has 2 saturated heterocycles. The largest absolute Gasteiger partial charge is 0.418 e. The number of hydrogen-bond acceptors (Lipinski definition) is 10. The number of hydrogen-bond donors (Lipinski definition) is 3. The van der Waals surface area contributed by atoms with Crippen LogP contribution in [-0.4, -0.2) is 94.5 Å². The van der Waals surface area contributed by atoms with Gasteiger partial charge in [0.05, 0.1) is 6.04 Å². The number of aromatic nitrogens is 4. The molecule has 0 unspecified atom stereocenters. The number of tetrazole rings is 1. The van der Waals surface area contributed by atoms with Crippen LogP contribution in [0.15, 0.2) is 0 Å². The molecule has 3 N–H and O–H groups in total. The van der Waals surface area contributed by atoms with Crippen molar-refractivity contribution in [3.8, 4) is 0 Å². The number of hydrazine groups is 1. The van der Waals surface area contributed by atoms with Gasteiger partial charge in [0.25, 0.3) is 11.8 Å². The van der Waals surface area contributed by atoms with Crippen molar-refractivity contribution < 1.29 is 36.1 Å². The molecule has 3 rings (SSSR count). The summed E-state index contributed by atoms with van der Waals surface area (Å²) in [5.41, 5.74) is 4.54. The summed E-state index contributed by atoms with van der Waals surface area (Å²) in [6.07, 6.45) is 0.866. The normalized spacial score (nSPS) is 20.6. The number of nitrogens with zero attached hydrogens (tertiary/aromatic N) is 6. The number of urea groups is 1. The van der Waals surface area contributed by atoms with E-state index in [-0.39, 0.29) is 31.0 Å². The highest BCUT2D eigenvalue weighted by atomic mass is 32.3. The first-order chi connectivity index (χ1) is 16.6. The highest BCUT2D eigenvalue weighted by Crippen LogP contribution is 2.36. The number of piperidine rings is 1. The van der Waals surface area contributed by atoms with Crippen molar-refractivity contribution in [3.63, 3.8) is 0 Å². The van der Waals surface area contributed by atoms with Crippen molar-refractivity contribution in [3.05, 3.63) is 5.82 Å². The maximum atomic E-state index is 12.6. The summed E-state index contributed by atoms with van der Waals surface area (Å²) < 4.78 is 42.6. The topological polar surface area (TPSA) is 198 Å². The Balaban J connectivity index is 1.49. The molecule has 0 aliphatic carbocycles. The maximum absolute atomic E-state index is 12.6. The zero-order valence-corrected chi connectivity index (χ0v) is 22.6. The number of rotatable bonds is 9. The second kappa shape index (κ2) is 10.4. The molecule has 2 aliphatic rings. The van der Waals surface area contributed by atoms with Crippen molar-refractivity contribution in [2.75, 3.05) is 13.2 Å². The molecule has 0 saturated carbocycles. The lowest BCUT2D eigenvalue weighted by molar-refractivity contribution is -0.132. The molecule has 2 aliphatic heterocycles. The highest BCUT2D eigenvalue weighted by molar-refractivity contribution is 7.80. The van der Waals surface area contributed by atoms with Crippen LogP contribution in [0.5, 0.6) is 0 Å². The lowest BCUT2D eigenvalue weighted by Crippen LogP contribution is -2.54. The Kier molecular flexibility index (Phi) is 8.03. The van der Waals surface area contributed by atoms with Gasteiger partial charge >= 0.3 is 16.4 Å². The van der Waals surface area contributed by atoms with E-state index < -0.39 is 48.6 Å². The average molecular weight is 549 g/mol. The summed E-state index contributed by atoms with van der Waals surface area (Å²) in [6.45, 7) is 10.9. The molecular formula is C18H32N8O8SSi. The van der Waals surface area contributed by atoms with Gasteiger partial charge in [-0.25, -0.2) is 9.48 Å². The van der Waals surface area contributed by atoms with Crippen molar-refractivity contribution >= 4 is 36.6 Å². The van der Waals surface area contributed by atoms with Gasteiger partial charge in [-0.1, -0.05) is 20.8 Å². The summed E-state index contributed by atoms with van der Waals surface area (Å²) >= 11 is 0. The molecule has 0 spiro atoms. The van der Waals surface area contributed by atoms with Crippen LogP contribution in [0.25, 0.3) is 0 Å². The predicted octanol–water partition coefficient (Wildman–Crippen LogP) is -0.612. The Morgan fingerprint density at radius 1 is 1.22 bits per heavy atom. The molecule has 36 heavy (non-hydrogen) atoms. The standard InChI is InChI=1S/C18H32N8O8SSi/c1-18(2,3)36(4,5)33-9-8-14-19-22-23-25(14)11-15(27)20-21-16(28)13-7-6-12-10-24(13)17(29)26(12)34-35(30,31)32/h12-13H,6-11H2,1-5H3,(H,20,27)(H,21,28)(H,30,31,32)/t12-,13+/m1/s1. The summed E-state index contributed by atoms with van der Waals surface area (Å²) in [5.74, 6) is -0.807. The van der Waals surface area contributed by atoms with E-state index in [0.29, 0.717) is 23.9 Å². The van der Waals surface area contributed by atoms with E-state index in [0.717, 1.165) is 4.90 Å². The predicted molar refractivity (Wildman–Crippen MR) is 124 cm³/mol. The Labute approximate surface area is 209 Å². The fourth-order valence-corrected chi connectivity index (χ4v) is 5.07. The fraction of sp³-hybridized carbons (Fsp3) is 0.778. The van der Waals surface area contributed by atoms with E-state index >= 15 is 0 Å². The van der Waals surface area contributed by atoms with Gasteiger partial charge in [-0.05, 0) is 41.4 Å². The second-order valence-electron chi connectivity index (χ2n) is 10.2. The van der Waals surface area contributed by atoms with Crippen LogP contribution in [0.1, 0.15) is 39.4 Å². The molecular weight excluding hydrogens is 516 g/mol. The van der Waals surface area contributed by atoms with Crippen molar-refractivity contribution in [2.45, 2.75) is 76.8 Å². The molecule has 3 heterocycles. The minimum Gasteiger partial charge on any atom is -0.416 e. The molecule has 2 bridgehead atoms. The first-order valence-electron chi connectivity index (χ1n) is 11.3. The molecule has 16 nitrogen and oxygen atoms in total. The maximum Gasteiger partial charge on any atom is 0.418 e. The minimum atomic E-state index is -4.89. The van der Waals surface area contributed by atoms with Crippen LogP contribution >= 0.6 is 0 Å². The van der Waals surface area contributed by atoms with E-state index in [9.17, 15) is 22.8 Å². The number of nitrogens with one attached hydrogen (secondary N) is 2. The van der Waals surface area contributed by atoms with Gasteiger partial charge in [-0.15, -0.1) is 9.38 Å². The quantitative estimate of drug-likeness (QED) is 0.202. The third-order valence-electron chi connectivity index (χ3n) is 6.62. The lowest BCUT2D eigenvalue weighted by Gasteiger charge is -2.36. The van der Waals surface area contributed by atoms with Crippen molar-refractivity contribution in [2.24, 2.45) is 0 Å². The molecule has 1 aromatic heterocycles. The molecule has 2 fully saturated rings. The number of hydroxylamine groups is 2. The third kappa shape index (κ3) is 6.55. The van der Waals surface area contributed by atoms with Gasteiger partial charge in [-0.3, -0.25) is 25.0 Å². The van der Waals surface area contributed by atoms with E-state index in [2.05, 4.69) is 64.5 Å². The van der Waals surface area contributed by atoms with E-state index in [4.69, 9.17) is 8.98 Å². The molecule has 0 aromatic carbocycles. The van der Waals surface area contributed by atoms with Crippen LogP contribution in [0.2, 0.25) is 18.1 Å². The van der Waals surface area contributed by atoms with Crippen molar-refractivity contribution in [1.29, 1.82) is 0 Å². The van der Waals surface area contributed by atoms with Crippen LogP contribution in [0.4, 0.5) is 4.79 Å². The molecule has 0 radical (unpaired) electrons. The first-order valence-corrected chi connectivity index (χ1v) is 15.6. The molecule has 4 amide bonds. The average Bonchev–Trinajstić information content (AvgIpc) is 3.28. The number of fused-ring (bicyclic) bond motifs is 2. The van der Waals surface area contributed by atoms with Crippen LogP contribution in [0.3, 0.4) is 0 Å². The lowest BCUT2D eigenvalue weighted by atomic mass is 10.0. The minimum absolute atomic E-state index is 0.0331. The number of amides is 4. The van der Waals surface area contributed by atoms with Gasteiger partial charge in [-0.2, -0.15) is 13.5 Å². The smallest absolute Gasteiger partial charge is 0.416 e. The van der Waals surface area contributed by atoms with Gasteiger partial charge in [0.1, 0.15) is 12.6 Å². The summed E-state index contributed by atoms with van der Waals surface area (Å²) in [5, 5.41) is 11.9. The molecule has 1 aromatic rings. The number of carbonyl (C=O) groups excluding carboxylic acids is 3. The summed E-state index contributed by atoms with van der Waals surface area (Å²) in [7, 11) is -6.83. The van der Waals surface area contributed by atoms with Crippen molar-refractivity contribution in [1.82, 2.24) is 41.0 Å². The molecule has 202 valence electrons. The Morgan fingerprint density at radius 2 is 1.92 bits per heavy atom. The first kappa shape index (κ1) is 27.9. The highest BCUT2D eigenvalue weighted by Gasteiger charge is 2.49. The Hall–Kier alpha value is -2.67. The Morgan fingerprint density at radius 3 is 2.56 bits per heavy atom. The summed E-state index contributed by atoms with van der Waals surface area (Å²) in [6, 6.07) is -2.46. The zero-order valence-electron chi connectivity index (χ0n) is 20.8. The zero-order chi connectivity index (χ0) is 26.9. The van der Waals surface area contributed by atoms with Gasteiger partial charge in [0, 0.05) is 19.6 Å². The van der Waals surface area contributed by atoms with Crippen LogP contribution < -0.4 is 10.9 Å². The third-order valence-corrected chi connectivity index (χ3v) is 11.5. The van der Waals surface area contributed by atoms with E-state index in [1.165, 1.54) is 4.68 Å². The van der Waals surface area contributed by atoms with Gasteiger partial charge in [0.15, 0.2) is 14.1 Å². The Bertz CT molecular complexity index is 1100. The fourth-order valence-electron chi connectivity index (χ4n) is 3.63. The SMILES string of the molecule is CC(C)(C)[Si](C)(C)OCCc1nnnn1CC(=O)NNC(=O)[C@@H]1CC[C@@H]2CN1C(=O)N2OS(=O)(=O)O. The van der Waals surface area contributed by atoms with E-state index in [1.807, 2.05) is 0 Å². The van der Waals surface area contributed by atoms with Gasteiger partial charge < -0.3 is 9.33 Å². The monoisotopic (exact) mass is 548 g/mol. The van der Waals surface area contributed by atoms with E-state index in [1.54, 1.807) is 0 Å². The van der Waals surface area contributed by atoms with Crippen LogP contribution in [0, 0.1) is 0 Å². The summed E-state index contributed by atoms with van der Waals surface area (Å²) in [4.78, 5) is 38.5. The molecule has 18 heteroatoms. The number of carbonyl (C=O) groups is 3.